The zero-order chi connectivity index (χ0) is 15.0. The van der Waals surface area contributed by atoms with Crippen LogP contribution in [0.3, 0.4) is 0 Å². The summed E-state index contributed by atoms with van der Waals surface area (Å²) in [6.45, 7) is 2.15. The number of nitrogens with one attached hydrogen (secondary N) is 1. The second kappa shape index (κ2) is 8.78. The molecule has 0 saturated carbocycles. The van der Waals surface area contributed by atoms with Crippen LogP contribution in [0.4, 0.5) is 0 Å². The van der Waals surface area contributed by atoms with Crippen LogP contribution in [0.25, 0.3) is 0 Å². The van der Waals surface area contributed by atoms with Gasteiger partial charge in [0.2, 0.25) is 0 Å². The first-order chi connectivity index (χ1) is 9.51. The number of likely N-dealkylation sites (N-methyl/N-ethyl adjacent to an activating group) is 1. The first kappa shape index (κ1) is 16.7. The molecule has 20 heavy (non-hydrogen) atoms. The molecule has 0 aliphatic carbocycles. The Balaban J connectivity index is 2.34. The molecule has 1 N–H and O–H groups in total. The highest BCUT2D eigenvalue weighted by Crippen LogP contribution is 2.08. The largest absolute Gasteiger partial charge is 0.374 e. The zero-order valence-electron chi connectivity index (χ0n) is 11.4. The van der Waals surface area contributed by atoms with Crippen LogP contribution >= 0.6 is 23.4 Å². The van der Waals surface area contributed by atoms with E-state index in [1.54, 1.807) is 18.5 Å². The van der Waals surface area contributed by atoms with E-state index in [0.717, 1.165) is 24.9 Å². The van der Waals surface area contributed by atoms with Crippen LogP contribution in [-0.4, -0.2) is 41.2 Å². The molecule has 0 radical (unpaired) electrons. The van der Waals surface area contributed by atoms with Gasteiger partial charge < -0.3 is 10.2 Å². The van der Waals surface area contributed by atoms with Crippen LogP contribution in [0.15, 0.2) is 29.6 Å². The van der Waals surface area contributed by atoms with Crippen molar-refractivity contribution in [2.45, 2.75) is 6.54 Å². The van der Waals surface area contributed by atoms with Gasteiger partial charge in [-0.05, 0) is 24.9 Å². The Labute approximate surface area is 127 Å². The van der Waals surface area contributed by atoms with Gasteiger partial charge in [-0.15, -0.1) is 11.8 Å². The maximum absolute atomic E-state index is 10.4. The molecule has 0 unspecified atom stereocenters. The van der Waals surface area contributed by atoms with Crippen molar-refractivity contribution in [3.05, 3.63) is 50.4 Å². The monoisotopic (exact) mass is 316 g/mol. The van der Waals surface area contributed by atoms with Gasteiger partial charge in [-0.2, -0.15) is 0 Å². The van der Waals surface area contributed by atoms with E-state index in [2.05, 4.69) is 15.2 Å². The Morgan fingerprint density at radius 1 is 1.65 bits per heavy atom. The molecule has 0 amide bonds. The SMILES string of the molecule is CS/C(=C\[N+](=O)[O-])NCCN(C)Cc1ccc(Cl)nc1. The second-order valence-corrected chi connectivity index (χ2v) is 5.37. The highest BCUT2D eigenvalue weighted by Gasteiger charge is 2.03. The first-order valence-corrected chi connectivity index (χ1v) is 7.53. The molecule has 0 saturated heterocycles. The molecule has 0 aliphatic heterocycles. The number of nitro groups is 1. The molecule has 1 aromatic heterocycles. The second-order valence-electron chi connectivity index (χ2n) is 4.14. The van der Waals surface area contributed by atoms with Gasteiger partial charge in [0, 0.05) is 25.8 Å². The lowest BCUT2D eigenvalue weighted by atomic mass is 10.3. The van der Waals surface area contributed by atoms with Gasteiger partial charge >= 0.3 is 0 Å². The summed E-state index contributed by atoms with van der Waals surface area (Å²) in [5.41, 5.74) is 1.07. The molecule has 6 nitrogen and oxygen atoms in total. The normalized spacial score (nSPS) is 11.7. The highest BCUT2D eigenvalue weighted by atomic mass is 35.5. The van der Waals surface area contributed by atoms with E-state index >= 15 is 0 Å². The predicted octanol–water partition coefficient (Wildman–Crippen LogP) is 2.19. The molecule has 0 aromatic carbocycles. The van der Waals surface area contributed by atoms with E-state index in [9.17, 15) is 10.1 Å². The molecular weight excluding hydrogens is 300 g/mol. The average molecular weight is 317 g/mol. The quantitative estimate of drug-likeness (QED) is 0.450. The highest BCUT2D eigenvalue weighted by molar-refractivity contribution is 8.02. The Morgan fingerprint density at radius 3 is 2.95 bits per heavy atom. The van der Waals surface area contributed by atoms with Crippen LogP contribution in [-0.2, 0) is 6.54 Å². The number of hydrogen-bond donors (Lipinski definition) is 1. The minimum absolute atomic E-state index is 0.456. The van der Waals surface area contributed by atoms with Gasteiger partial charge in [0.25, 0.3) is 6.20 Å². The average Bonchev–Trinajstić information content (AvgIpc) is 2.40. The third kappa shape index (κ3) is 6.74. The van der Waals surface area contributed by atoms with Crippen LogP contribution in [0.5, 0.6) is 0 Å². The fourth-order valence-corrected chi connectivity index (χ4v) is 2.08. The minimum Gasteiger partial charge on any atom is -0.374 e. The van der Waals surface area contributed by atoms with E-state index < -0.39 is 4.92 Å². The van der Waals surface area contributed by atoms with E-state index in [1.165, 1.54) is 11.8 Å². The number of rotatable bonds is 8. The molecule has 1 heterocycles. The molecule has 0 fully saturated rings. The van der Waals surface area contributed by atoms with E-state index in [1.807, 2.05) is 13.1 Å². The van der Waals surface area contributed by atoms with E-state index in [4.69, 9.17) is 11.6 Å². The summed E-state index contributed by atoms with van der Waals surface area (Å²) < 4.78 is 0. The van der Waals surface area contributed by atoms with E-state index in [-0.39, 0.29) is 0 Å². The van der Waals surface area contributed by atoms with Crippen LogP contribution < -0.4 is 5.32 Å². The first-order valence-electron chi connectivity index (χ1n) is 5.93. The van der Waals surface area contributed by atoms with Crippen molar-refractivity contribution in [3.63, 3.8) is 0 Å². The fraction of sp³-hybridized carbons (Fsp3) is 0.417. The summed E-state index contributed by atoms with van der Waals surface area (Å²) in [4.78, 5) is 16.0. The summed E-state index contributed by atoms with van der Waals surface area (Å²) in [5, 5.41) is 14.4. The molecule has 1 rings (SSSR count). The third-order valence-corrected chi connectivity index (χ3v) is 3.39. The van der Waals surface area contributed by atoms with Gasteiger partial charge in [-0.25, -0.2) is 4.98 Å². The fourth-order valence-electron chi connectivity index (χ4n) is 1.53. The number of nitrogens with zero attached hydrogens (tertiary/aromatic N) is 3. The van der Waals surface area contributed by atoms with Crippen molar-refractivity contribution in [3.8, 4) is 0 Å². The topological polar surface area (TPSA) is 71.3 Å². The van der Waals surface area contributed by atoms with Crippen molar-refractivity contribution in [1.82, 2.24) is 15.2 Å². The summed E-state index contributed by atoms with van der Waals surface area (Å²) in [6, 6.07) is 3.69. The maximum Gasteiger partial charge on any atom is 0.263 e. The molecule has 0 bridgehead atoms. The number of hydrogen-bond acceptors (Lipinski definition) is 6. The molecule has 8 heteroatoms. The molecule has 1 aromatic rings. The summed E-state index contributed by atoms with van der Waals surface area (Å²) in [6.07, 6.45) is 4.52. The lowest BCUT2D eigenvalue weighted by Crippen LogP contribution is -2.28. The zero-order valence-corrected chi connectivity index (χ0v) is 12.9. The summed E-state index contributed by atoms with van der Waals surface area (Å²) >= 11 is 7.05. The number of thioether (sulfide) groups is 1. The number of aromatic nitrogens is 1. The van der Waals surface area contributed by atoms with Gasteiger partial charge in [-0.1, -0.05) is 17.7 Å². The Hall–Kier alpha value is -1.31. The van der Waals surface area contributed by atoms with Crippen molar-refractivity contribution in [1.29, 1.82) is 0 Å². The van der Waals surface area contributed by atoms with Gasteiger partial charge in [0.15, 0.2) is 0 Å². The molecule has 0 aliphatic rings. The van der Waals surface area contributed by atoms with E-state index in [0.29, 0.717) is 16.7 Å². The molecule has 0 atom stereocenters. The minimum atomic E-state index is -0.456. The van der Waals surface area contributed by atoms with Crippen molar-refractivity contribution in [2.75, 3.05) is 26.4 Å². The Bertz CT molecular complexity index is 467. The summed E-state index contributed by atoms with van der Waals surface area (Å²) in [5.74, 6) is 0. The van der Waals surface area contributed by atoms with Crippen molar-refractivity contribution < 1.29 is 4.92 Å². The van der Waals surface area contributed by atoms with Gasteiger partial charge in [0.05, 0.1) is 4.92 Å². The molecule has 110 valence electrons. The number of pyridine rings is 1. The van der Waals surface area contributed by atoms with Crippen molar-refractivity contribution in [2.24, 2.45) is 0 Å². The standard InChI is InChI=1S/C12H17ClN4O2S/c1-16(8-10-3-4-11(13)15-7-10)6-5-14-12(20-2)9-17(18)19/h3-4,7,9,14H,5-6,8H2,1-2H3/b12-9-. The van der Waals surface area contributed by atoms with Crippen LogP contribution in [0.1, 0.15) is 5.56 Å². The molecular formula is C12H17ClN4O2S. The van der Waals surface area contributed by atoms with Gasteiger partial charge in [-0.3, -0.25) is 10.1 Å². The van der Waals surface area contributed by atoms with Crippen LogP contribution in [0, 0.1) is 10.1 Å². The predicted molar refractivity (Wildman–Crippen MR) is 82.2 cm³/mol. The number of halogens is 1. The Morgan fingerprint density at radius 2 is 2.40 bits per heavy atom. The maximum atomic E-state index is 10.4. The smallest absolute Gasteiger partial charge is 0.263 e. The third-order valence-electron chi connectivity index (χ3n) is 2.48. The van der Waals surface area contributed by atoms with Crippen molar-refractivity contribution >= 4 is 23.4 Å². The van der Waals surface area contributed by atoms with Crippen LogP contribution in [0.2, 0.25) is 5.15 Å². The van der Waals surface area contributed by atoms with Gasteiger partial charge in [0.1, 0.15) is 10.2 Å². The lowest BCUT2D eigenvalue weighted by molar-refractivity contribution is -0.403. The lowest BCUT2D eigenvalue weighted by Gasteiger charge is -2.17. The molecule has 0 spiro atoms. The summed E-state index contributed by atoms with van der Waals surface area (Å²) in [7, 11) is 1.98. The Kier molecular flexibility index (Phi) is 7.35.